The van der Waals surface area contributed by atoms with E-state index in [1.807, 2.05) is 18.3 Å². The lowest BCUT2D eigenvalue weighted by Crippen LogP contribution is -2.31. The topological polar surface area (TPSA) is 105 Å². The number of hydrogen-bond donors (Lipinski definition) is 2. The zero-order valence-electron chi connectivity index (χ0n) is 19.7. The molecule has 0 spiro atoms. The number of piperidine rings is 1. The van der Waals surface area contributed by atoms with Gasteiger partial charge in [-0.25, -0.2) is 4.98 Å². The summed E-state index contributed by atoms with van der Waals surface area (Å²) in [7, 11) is 3.69. The van der Waals surface area contributed by atoms with Gasteiger partial charge in [0, 0.05) is 36.6 Å². The fourth-order valence-corrected chi connectivity index (χ4v) is 4.31. The summed E-state index contributed by atoms with van der Waals surface area (Å²) < 4.78 is 2.09. The summed E-state index contributed by atoms with van der Waals surface area (Å²) in [5.74, 6) is -0.207. The Labute approximate surface area is 203 Å². The molecule has 2 N–H and O–H groups in total. The number of nitrogens with zero attached hydrogens (tertiary/aromatic N) is 5. The molecule has 0 unspecified atom stereocenters. The monoisotopic (exact) mass is 469 g/mol. The first-order valence-corrected chi connectivity index (χ1v) is 11.6. The Morgan fingerprint density at radius 3 is 2.49 bits per heavy atom. The van der Waals surface area contributed by atoms with Crippen molar-refractivity contribution in [3.8, 4) is 11.1 Å². The highest BCUT2D eigenvalue weighted by Gasteiger charge is 2.19. The standard InChI is InChI=1S/C26H27N7O2/c1-27-26(35)23-6-5-19(14-28-23)25(34)31-24-12-20-11-17(3-4-18(20)13-29-24)21-15-30-33(16-21)22-7-9-32(2)10-8-22/h3-6,11-16,22H,7-10H2,1-2H3,(H,27,35)(H,29,31,34). The van der Waals surface area contributed by atoms with Crippen molar-refractivity contribution < 1.29 is 9.59 Å². The molecule has 2 amide bonds. The molecule has 0 atom stereocenters. The number of likely N-dealkylation sites (tertiary alicyclic amines) is 1. The molecule has 4 heterocycles. The fraction of sp³-hybridized carbons (Fsp3) is 0.269. The summed E-state index contributed by atoms with van der Waals surface area (Å²) in [4.78, 5) is 35.1. The van der Waals surface area contributed by atoms with Crippen LogP contribution < -0.4 is 10.6 Å². The van der Waals surface area contributed by atoms with Crippen molar-refractivity contribution in [1.82, 2.24) is 30.0 Å². The summed E-state index contributed by atoms with van der Waals surface area (Å²) in [6, 6.07) is 11.5. The zero-order chi connectivity index (χ0) is 24.4. The highest BCUT2D eigenvalue weighted by atomic mass is 16.2. The quantitative estimate of drug-likeness (QED) is 0.464. The van der Waals surface area contributed by atoms with E-state index in [0.717, 1.165) is 47.8 Å². The Kier molecular flexibility index (Phi) is 6.24. The van der Waals surface area contributed by atoms with Gasteiger partial charge in [-0.2, -0.15) is 5.10 Å². The largest absolute Gasteiger partial charge is 0.354 e. The van der Waals surface area contributed by atoms with Crippen molar-refractivity contribution in [3.05, 3.63) is 72.4 Å². The number of benzene rings is 1. The van der Waals surface area contributed by atoms with Crippen LogP contribution in [0.2, 0.25) is 0 Å². The molecule has 1 fully saturated rings. The van der Waals surface area contributed by atoms with Gasteiger partial charge in [0.2, 0.25) is 0 Å². The third kappa shape index (κ3) is 4.90. The molecule has 1 aliphatic rings. The van der Waals surface area contributed by atoms with Gasteiger partial charge in [0.25, 0.3) is 11.8 Å². The zero-order valence-corrected chi connectivity index (χ0v) is 19.7. The van der Waals surface area contributed by atoms with E-state index >= 15 is 0 Å². The molecule has 4 aromatic rings. The lowest BCUT2D eigenvalue weighted by molar-refractivity contribution is 0.0955. The molecule has 1 aliphatic heterocycles. The molecule has 1 aromatic carbocycles. The van der Waals surface area contributed by atoms with Crippen LogP contribution in [0.4, 0.5) is 5.82 Å². The molecular formula is C26H27N7O2. The number of carbonyl (C=O) groups excluding carboxylic acids is 2. The number of pyridine rings is 2. The van der Waals surface area contributed by atoms with Crippen LogP contribution in [0, 0.1) is 0 Å². The second kappa shape index (κ2) is 9.63. The van der Waals surface area contributed by atoms with Crippen LogP contribution in [0.1, 0.15) is 39.7 Å². The molecule has 9 heteroatoms. The van der Waals surface area contributed by atoms with E-state index in [9.17, 15) is 9.59 Å². The van der Waals surface area contributed by atoms with Gasteiger partial charge < -0.3 is 15.5 Å². The van der Waals surface area contributed by atoms with Crippen molar-refractivity contribution in [3.63, 3.8) is 0 Å². The first-order chi connectivity index (χ1) is 17.0. The normalized spacial score (nSPS) is 14.7. The van der Waals surface area contributed by atoms with Crippen molar-refractivity contribution in [2.24, 2.45) is 0 Å². The first kappa shape index (κ1) is 22.7. The Bertz CT molecular complexity index is 1370. The third-order valence-corrected chi connectivity index (χ3v) is 6.45. The third-order valence-electron chi connectivity index (χ3n) is 6.45. The number of nitrogens with one attached hydrogen (secondary N) is 2. The van der Waals surface area contributed by atoms with Gasteiger partial charge >= 0.3 is 0 Å². The lowest BCUT2D eigenvalue weighted by atomic mass is 10.0. The summed E-state index contributed by atoms with van der Waals surface area (Å²) >= 11 is 0. The molecule has 5 rings (SSSR count). The van der Waals surface area contributed by atoms with Crippen molar-refractivity contribution in [2.75, 3.05) is 32.5 Å². The smallest absolute Gasteiger partial charge is 0.269 e. The SMILES string of the molecule is CNC(=O)c1ccc(C(=O)Nc2cc3cc(-c4cnn(C5CCN(C)CC5)c4)ccc3cn2)cn1. The number of hydrogen-bond acceptors (Lipinski definition) is 6. The molecule has 0 saturated carbocycles. The van der Waals surface area contributed by atoms with Gasteiger partial charge in [0.05, 0.1) is 17.8 Å². The van der Waals surface area contributed by atoms with Crippen LogP contribution in [0.3, 0.4) is 0 Å². The molecule has 0 bridgehead atoms. The second-order valence-electron chi connectivity index (χ2n) is 8.84. The minimum atomic E-state index is -0.344. The van der Waals surface area contributed by atoms with E-state index in [1.165, 1.54) is 19.3 Å². The number of aromatic nitrogens is 4. The molecule has 1 saturated heterocycles. The average molecular weight is 470 g/mol. The van der Waals surface area contributed by atoms with Crippen LogP contribution >= 0.6 is 0 Å². The van der Waals surface area contributed by atoms with E-state index < -0.39 is 0 Å². The highest BCUT2D eigenvalue weighted by molar-refractivity contribution is 6.05. The fourth-order valence-electron chi connectivity index (χ4n) is 4.31. The Morgan fingerprint density at radius 1 is 0.914 bits per heavy atom. The Balaban J connectivity index is 1.33. The van der Waals surface area contributed by atoms with Crippen molar-refractivity contribution >= 4 is 28.4 Å². The van der Waals surface area contributed by atoms with E-state index in [4.69, 9.17) is 0 Å². The molecule has 0 radical (unpaired) electrons. The van der Waals surface area contributed by atoms with E-state index in [2.05, 4.69) is 60.7 Å². The van der Waals surface area contributed by atoms with Gasteiger partial charge in [-0.1, -0.05) is 12.1 Å². The number of rotatable bonds is 5. The summed E-state index contributed by atoms with van der Waals surface area (Å²) in [5, 5.41) is 11.9. The predicted octanol–water partition coefficient (Wildman–Crippen LogP) is 3.37. The molecule has 9 nitrogen and oxygen atoms in total. The van der Waals surface area contributed by atoms with Crippen LogP contribution in [0.15, 0.2) is 61.2 Å². The van der Waals surface area contributed by atoms with Gasteiger partial charge in [0.15, 0.2) is 0 Å². The summed E-state index contributed by atoms with van der Waals surface area (Å²) in [5.41, 5.74) is 2.72. The first-order valence-electron chi connectivity index (χ1n) is 11.6. The minimum Gasteiger partial charge on any atom is -0.354 e. The molecular weight excluding hydrogens is 442 g/mol. The van der Waals surface area contributed by atoms with Gasteiger partial charge in [-0.05, 0) is 68.2 Å². The predicted molar refractivity (Wildman–Crippen MR) is 134 cm³/mol. The minimum absolute atomic E-state index is 0.250. The summed E-state index contributed by atoms with van der Waals surface area (Å²) in [6.45, 7) is 2.18. The molecule has 35 heavy (non-hydrogen) atoms. The van der Waals surface area contributed by atoms with E-state index in [1.54, 1.807) is 12.3 Å². The van der Waals surface area contributed by atoms with Gasteiger partial charge in [-0.3, -0.25) is 19.3 Å². The van der Waals surface area contributed by atoms with Crippen molar-refractivity contribution in [1.29, 1.82) is 0 Å². The van der Waals surface area contributed by atoms with Crippen LogP contribution in [-0.4, -0.2) is 63.6 Å². The van der Waals surface area contributed by atoms with Crippen LogP contribution in [0.25, 0.3) is 21.9 Å². The highest BCUT2D eigenvalue weighted by Crippen LogP contribution is 2.28. The number of fused-ring (bicyclic) bond motifs is 1. The number of amides is 2. The Morgan fingerprint density at radius 2 is 1.74 bits per heavy atom. The maximum Gasteiger partial charge on any atom is 0.269 e. The molecule has 0 aliphatic carbocycles. The van der Waals surface area contributed by atoms with E-state index in [0.29, 0.717) is 17.4 Å². The molecule has 178 valence electrons. The average Bonchev–Trinajstić information content (AvgIpc) is 3.38. The Hall–Kier alpha value is -4.11. The number of anilines is 1. The van der Waals surface area contributed by atoms with Crippen LogP contribution in [0.5, 0.6) is 0 Å². The van der Waals surface area contributed by atoms with Gasteiger partial charge in [-0.15, -0.1) is 0 Å². The van der Waals surface area contributed by atoms with Crippen LogP contribution in [-0.2, 0) is 0 Å². The molecule has 3 aromatic heterocycles. The van der Waals surface area contributed by atoms with Gasteiger partial charge in [0.1, 0.15) is 11.5 Å². The maximum atomic E-state index is 12.7. The van der Waals surface area contributed by atoms with E-state index in [-0.39, 0.29) is 17.5 Å². The maximum absolute atomic E-state index is 12.7. The number of carbonyl (C=O) groups is 2. The second-order valence-corrected chi connectivity index (χ2v) is 8.84. The van der Waals surface area contributed by atoms with Crippen molar-refractivity contribution in [2.45, 2.75) is 18.9 Å². The lowest BCUT2D eigenvalue weighted by Gasteiger charge is -2.28. The summed E-state index contributed by atoms with van der Waals surface area (Å²) in [6.07, 6.45) is 9.36.